The third-order valence-corrected chi connectivity index (χ3v) is 8.62. The van der Waals surface area contributed by atoms with Gasteiger partial charge in [0.1, 0.15) is 0 Å². The molecule has 1 amide bonds. The van der Waals surface area contributed by atoms with Crippen molar-refractivity contribution < 1.29 is 29.1 Å². The Morgan fingerprint density at radius 3 is 1.43 bits per heavy atom. The van der Waals surface area contributed by atoms with Crippen molar-refractivity contribution in [3.63, 3.8) is 0 Å². The number of methoxy groups -OCH3 is 2. The number of nitrogens with zero attached hydrogens (tertiary/aromatic N) is 2. The summed E-state index contributed by atoms with van der Waals surface area (Å²) >= 11 is 3.36. The summed E-state index contributed by atoms with van der Waals surface area (Å²) in [5, 5.41) is 8.47. The third kappa shape index (κ3) is 13.8. The number of rotatable bonds is 8. The molecule has 2 saturated heterocycles. The maximum absolute atomic E-state index is 11.2. The monoisotopic (exact) mass is 731 g/mol. The lowest BCUT2D eigenvalue weighted by Gasteiger charge is -2.30. The fourth-order valence-corrected chi connectivity index (χ4v) is 5.78. The van der Waals surface area contributed by atoms with Crippen LogP contribution in [0, 0.1) is 0 Å². The molecule has 0 atom stereocenters. The van der Waals surface area contributed by atoms with Crippen LogP contribution in [0.3, 0.4) is 0 Å². The number of ether oxygens (including phenoxy) is 2. The van der Waals surface area contributed by atoms with E-state index in [1.165, 1.54) is 76.7 Å². The third-order valence-electron chi connectivity index (χ3n) is 7.90. The molecule has 2 N–H and O–H groups in total. The van der Waals surface area contributed by atoms with E-state index in [4.69, 9.17) is 5.21 Å². The smallest absolute Gasteiger partial charge is 0.330 e. The first-order valence-corrected chi connectivity index (χ1v) is 17.2. The van der Waals surface area contributed by atoms with Gasteiger partial charge in [-0.25, -0.2) is 15.1 Å². The summed E-state index contributed by atoms with van der Waals surface area (Å²) in [6.07, 6.45) is 17.0. The van der Waals surface area contributed by atoms with E-state index >= 15 is 0 Å². The number of hydroxylamine groups is 1. The Bertz CT molecular complexity index is 1490. The van der Waals surface area contributed by atoms with Gasteiger partial charge < -0.3 is 19.3 Å². The van der Waals surface area contributed by atoms with E-state index in [0.717, 1.165) is 53.0 Å². The lowest BCUT2D eigenvalue weighted by atomic mass is 10.1. The minimum absolute atomic E-state index is 0.316. The summed E-state index contributed by atoms with van der Waals surface area (Å²) in [7, 11) is 2.75. The van der Waals surface area contributed by atoms with Crippen LogP contribution in [0.5, 0.6) is 0 Å². The molecule has 0 aromatic heterocycles. The lowest BCUT2D eigenvalue weighted by Crippen LogP contribution is -2.29. The first-order valence-electron chi connectivity index (χ1n) is 16.4. The van der Waals surface area contributed by atoms with Gasteiger partial charge in [-0.05, 0) is 91.6 Å². The molecule has 9 nitrogen and oxygen atoms in total. The van der Waals surface area contributed by atoms with E-state index in [-0.39, 0.29) is 11.9 Å². The molecular weight excluding hydrogens is 686 g/mol. The van der Waals surface area contributed by atoms with E-state index in [2.05, 4.69) is 47.3 Å². The minimum atomic E-state index is -0.511. The molecule has 260 valence electrons. The van der Waals surface area contributed by atoms with Crippen LogP contribution in [-0.2, 0) is 23.9 Å². The number of piperidine rings is 2. The second-order valence-corrected chi connectivity index (χ2v) is 12.1. The lowest BCUT2D eigenvalue weighted by molar-refractivity contribution is -0.135. The topological polar surface area (TPSA) is 108 Å². The van der Waals surface area contributed by atoms with Gasteiger partial charge in [-0.3, -0.25) is 10.0 Å². The highest BCUT2D eigenvalue weighted by atomic mass is 79.9. The minimum Gasteiger partial charge on any atom is -0.466 e. The number of carbonyl (C=O) groups excluding carboxylic acids is 3. The predicted molar refractivity (Wildman–Crippen MR) is 200 cm³/mol. The van der Waals surface area contributed by atoms with Crippen molar-refractivity contribution in [1.82, 2.24) is 5.48 Å². The molecule has 49 heavy (non-hydrogen) atoms. The fraction of sp³-hybridized carbons (Fsp3) is 0.308. The molecular formula is C39H46BrN3O6. The number of halogens is 1. The molecule has 5 rings (SSSR count). The van der Waals surface area contributed by atoms with E-state index in [1.807, 2.05) is 66.7 Å². The van der Waals surface area contributed by atoms with Gasteiger partial charge >= 0.3 is 11.9 Å². The van der Waals surface area contributed by atoms with Crippen molar-refractivity contribution in [2.75, 3.05) is 50.2 Å². The number of para-hydroxylation sites is 2. The van der Waals surface area contributed by atoms with Crippen molar-refractivity contribution in [2.45, 2.75) is 38.5 Å². The largest absolute Gasteiger partial charge is 0.466 e. The Kier molecular flexibility index (Phi) is 17.5. The van der Waals surface area contributed by atoms with E-state index in [9.17, 15) is 14.4 Å². The van der Waals surface area contributed by atoms with Gasteiger partial charge in [0.15, 0.2) is 0 Å². The van der Waals surface area contributed by atoms with Crippen LogP contribution in [0.1, 0.15) is 55.2 Å². The van der Waals surface area contributed by atoms with Gasteiger partial charge in [0, 0.05) is 60.3 Å². The zero-order valence-electron chi connectivity index (χ0n) is 28.2. The number of hydrogen-bond donors (Lipinski definition) is 2. The van der Waals surface area contributed by atoms with Crippen molar-refractivity contribution in [2.24, 2.45) is 0 Å². The summed E-state index contributed by atoms with van der Waals surface area (Å²) in [4.78, 5) is 37.7. The van der Waals surface area contributed by atoms with Crippen molar-refractivity contribution >= 4 is 63.4 Å². The van der Waals surface area contributed by atoms with Crippen molar-refractivity contribution in [1.29, 1.82) is 0 Å². The summed E-state index contributed by atoms with van der Waals surface area (Å²) in [6, 6.07) is 23.8. The molecule has 0 radical (unpaired) electrons. The van der Waals surface area contributed by atoms with Crippen LogP contribution in [-0.4, -0.2) is 63.5 Å². The molecule has 0 aliphatic carbocycles. The molecule has 3 aromatic rings. The zero-order chi connectivity index (χ0) is 35.3. The predicted octanol–water partition coefficient (Wildman–Crippen LogP) is 7.69. The van der Waals surface area contributed by atoms with Crippen LogP contribution in [0.25, 0.3) is 18.2 Å². The molecule has 3 aromatic carbocycles. The molecule has 0 saturated carbocycles. The van der Waals surface area contributed by atoms with Gasteiger partial charge in [0.2, 0.25) is 0 Å². The second-order valence-electron chi connectivity index (χ2n) is 11.3. The number of hydrogen-bond acceptors (Lipinski definition) is 8. The molecule has 0 bridgehead atoms. The van der Waals surface area contributed by atoms with E-state index in [0.29, 0.717) is 0 Å². The van der Waals surface area contributed by atoms with E-state index in [1.54, 1.807) is 17.6 Å². The summed E-state index contributed by atoms with van der Waals surface area (Å²) in [5.74, 6) is -1.18. The average Bonchev–Trinajstić information content (AvgIpc) is 3.17. The quantitative estimate of drug-likeness (QED) is 0.105. The van der Waals surface area contributed by atoms with Gasteiger partial charge in [-0.15, -0.1) is 0 Å². The highest BCUT2D eigenvalue weighted by Crippen LogP contribution is 2.26. The first kappa shape index (κ1) is 38.8. The number of carbonyl (C=O) groups is 3. The van der Waals surface area contributed by atoms with Gasteiger partial charge in [-0.1, -0.05) is 70.5 Å². The van der Waals surface area contributed by atoms with E-state index < -0.39 is 5.91 Å². The average molecular weight is 733 g/mol. The first-order chi connectivity index (χ1) is 23.9. The Morgan fingerprint density at radius 2 is 1.00 bits per heavy atom. The van der Waals surface area contributed by atoms with Gasteiger partial charge in [-0.2, -0.15) is 0 Å². The Labute approximate surface area is 298 Å². The Morgan fingerprint density at radius 1 is 0.612 bits per heavy atom. The number of amides is 1. The molecule has 2 heterocycles. The maximum atomic E-state index is 11.2. The second kappa shape index (κ2) is 22.1. The Hall–Kier alpha value is -4.67. The number of anilines is 2. The highest BCUT2D eigenvalue weighted by molar-refractivity contribution is 9.10. The summed E-state index contributed by atoms with van der Waals surface area (Å²) in [6.45, 7) is 4.33. The zero-order valence-corrected chi connectivity index (χ0v) is 29.8. The number of esters is 2. The number of nitrogens with one attached hydrogen (secondary N) is 1. The van der Waals surface area contributed by atoms with Crippen LogP contribution in [0.2, 0.25) is 0 Å². The summed E-state index contributed by atoms with van der Waals surface area (Å²) < 4.78 is 10.0. The maximum Gasteiger partial charge on any atom is 0.330 e. The molecule has 10 heteroatoms. The normalized spacial score (nSPS) is 14.4. The van der Waals surface area contributed by atoms with Crippen LogP contribution >= 0.6 is 15.9 Å². The standard InChI is InChI=1S/C15H19NO2.C14H18N2O2.C10H9BrO2/c1-18-15(17)10-9-13-7-3-4-8-14(13)16-11-5-2-6-12-16;17-14(15-18)9-8-12-6-2-3-7-13(12)16-10-4-1-5-11-16;1-13-10(12)7-6-8-4-2-3-5-9(8)11/h3-4,7-10H,2,5-6,11-12H2,1H3;2-3,6-9,18H,1,4-5,10-11H2,(H,15,17);2-7H,1H3/b10-9+;9-8+;7-6+. The fourth-order valence-electron chi connectivity index (χ4n) is 5.37. The molecule has 2 aliphatic rings. The highest BCUT2D eigenvalue weighted by Gasteiger charge is 2.14. The molecule has 0 unspecified atom stereocenters. The molecule has 2 fully saturated rings. The Balaban J connectivity index is 0.000000202. The molecule has 2 aliphatic heterocycles. The number of benzene rings is 3. The SMILES string of the molecule is COC(=O)/C=C/c1ccccc1Br.COC(=O)/C=C/c1ccccc1N1CCCCC1.O=C(/C=C/c1ccccc1N1CCCCC1)NO. The van der Waals surface area contributed by atoms with Crippen molar-refractivity contribution in [3.05, 3.63) is 112 Å². The van der Waals surface area contributed by atoms with Crippen LogP contribution < -0.4 is 15.3 Å². The van der Waals surface area contributed by atoms with Gasteiger partial charge in [0.05, 0.1) is 14.2 Å². The summed E-state index contributed by atoms with van der Waals surface area (Å²) in [5.41, 5.74) is 6.98. The molecule has 0 spiro atoms. The van der Waals surface area contributed by atoms with Crippen LogP contribution in [0.15, 0.2) is 95.5 Å². The van der Waals surface area contributed by atoms with Crippen molar-refractivity contribution in [3.8, 4) is 0 Å². The van der Waals surface area contributed by atoms with Gasteiger partial charge in [0.25, 0.3) is 5.91 Å². The van der Waals surface area contributed by atoms with Crippen LogP contribution in [0.4, 0.5) is 11.4 Å².